The van der Waals surface area contributed by atoms with Gasteiger partial charge in [-0.05, 0) is 29.4 Å². The van der Waals surface area contributed by atoms with Crippen molar-refractivity contribution in [3.8, 4) is 0 Å². The molecule has 0 unspecified atom stereocenters. The lowest BCUT2D eigenvalue weighted by Crippen LogP contribution is -2.45. The molecule has 4 heteroatoms. The molecule has 1 saturated heterocycles. The number of benzene rings is 2. The van der Waals surface area contributed by atoms with Gasteiger partial charge in [-0.3, -0.25) is 4.67 Å². The minimum absolute atomic E-state index is 0.300. The molecule has 0 radical (unpaired) electrons. The van der Waals surface area contributed by atoms with E-state index < -0.39 is 8.07 Å². The SMILES string of the molecule is CC(C)[C@@H]1COC([C@@H]2CCCCN2P(c2ccccc2)c2ccccc2)=N1. The van der Waals surface area contributed by atoms with Gasteiger partial charge in [0.2, 0.25) is 5.90 Å². The summed E-state index contributed by atoms with van der Waals surface area (Å²) in [5.74, 6) is 1.51. The largest absolute Gasteiger partial charge is 0.478 e. The van der Waals surface area contributed by atoms with E-state index in [0.29, 0.717) is 18.0 Å². The van der Waals surface area contributed by atoms with Crippen molar-refractivity contribution in [2.24, 2.45) is 10.9 Å². The van der Waals surface area contributed by atoms with Crippen molar-refractivity contribution in [1.82, 2.24) is 4.67 Å². The van der Waals surface area contributed by atoms with E-state index >= 15 is 0 Å². The molecular formula is C23H29N2OP. The Morgan fingerprint density at radius 1 is 0.963 bits per heavy atom. The van der Waals surface area contributed by atoms with Crippen LogP contribution in [0.15, 0.2) is 65.7 Å². The zero-order valence-electron chi connectivity index (χ0n) is 16.3. The first-order valence-corrected chi connectivity index (χ1v) is 11.4. The van der Waals surface area contributed by atoms with Gasteiger partial charge >= 0.3 is 0 Å². The maximum Gasteiger partial charge on any atom is 0.201 e. The highest BCUT2D eigenvalue weighted by atomic mass is 31.1. The van der Waals surface area contributed by atoms with Crippen molar-refractivity contribution in [1.29, 1.82) is 0 Å². The average Bonchev–Trinajstić information content (AvgIpc) is 3.21. The maximum absolute atomic E-state index is 6.14. The standard InChI is InChI=1S/C23H29N2OP/c1-18(2)21-17-26-23(24-21)22-15-9-10-16-25(22)27(19-11-5-3-6-12-19)20-13-7-4-8-14-20/h3-8,11-14,18,21-22H,9-10,15-17H2,1-2H3/t21-,22-/m0/s1. The van der Waals surface area contributed by atoms with E-state index in [1.54, 1.807) is 0 Å². The number of hydrogen-bond donors (Lipinski definition) is 0. The predicted octanol–water partition coefficient (Wildman–Crippen LogP) is 4.34. The molecule has 0 saturated carbocycles. The molecule has 2 aromatic carbocycles. The molecule has 2 aromatic rings. The van der Waals surface area contributed by atoms with Gasteiger partial charge in [0.1, 0.15) is 6.61 Å². The maximum atomic E-state index is 6.14. The first kappa shape index (κ1) is 18.7. The van der Waals surface area contributed by atoms with Gasteiger partial charge in [0.05, 0.1) is 12.1 Å². The van der Waals surface area contributed by atoms with Crippen LogP contribution in [0.5, 0.6) is 0 Å². The second-order valence-corrected chi connectivity index (χ2v) is 9.92. The van der Waals surface area contributed by atoms with Crippen molar-refractivity contribution < 1.29 is 4.74 Å². The van der Waals surface area contributed by atoms with Gasteiger partial charge in [-0.15, -0.1) is 0 Å². The molecule has 0 aromatic heterocycles. The molecular weight excluding hydrogens is 351 g/mol. The third-order valence-electron chi connectivity index (χ3n) is 5.48. The van der Waals surface area contributed by atoms with Gasteiger partial charge < -0.3 is 4.74 Å². The molecule has 0 amide bonds. The molecule has 2 aliphatic rings. The third-order valence-corrected chi connectivity index (χ3v) is 8.05. The van der Waals surface area contributed by atoms with Crippen LogP contribution in [0, 0.1) is 5.92 Å². The molecule has 0 bridgehead atoms. The minimum atomic E-state index is -0.582. The molecule has 3 nitrogen and oxygen atoms in total. The topological polar surface area (TPSA) is 24.8 Å². The van der Waals surface area contributed by atoms with Crippen LogP contribution in [0.2, 0.25) is 0 Å². The summed E-state index contributed by atoms with van der Waals surface area (Å²) in [7, 11) is -0.582. The molecule has 2 heterocycles. The Kier molecular flexibility index (Phi) is 5.90. The van der Waals surface area contributed by atoms with E-state index in [4.69, 9.17) is 9.73 Å². The molecule has 0 N–H and O–H groups in total. The highest BCUT2D eigenvalue weighted by Gasteiger charge is 2.37. The first-order chi connectivity index (χ1) is 13.2. The van der Waals surface area contributed by atoms with Crippen LogP contribution in [-0.2, 0) is 4.74 Å². The van der Waals surface area contributed by atoms with E-state index in [0.717, 1.165) is 25.5 Å². The summed E-state index contributed by atoms with van der Waals surface area (Å²) in [4.78, 5) is 4.99. The molecule has 27 heavy (non-hydrogen) atoms. The van der Waals surface area contributed by atoms with Crippen molar-refractivity contribution in [2.75, 3.05) is 13.2 Å². The summed E-state index contributed by atoms with van der Waals surface area (Å²) < 4.78 is 8.82. The molecule has 0 spiro atoms. The number of hydrogen-bond acceptors (Lipinski definition) is 3. The van der Waals surface area contributed by atoms with Crippen LogP contribution in [-0.4, -0.2) is 35.8 Å². The summed E-state index contributed by atoms with van der Waals surface area (Å²) in [6, 6.07) is 22.6. The van der Waals surface area contributed by atoms with Gasteiger partial charge in [0.15, 0.2) is 0 Å². The van der Waals surface area contributed by atoms with E-state index in [1.165, 1.54) is 23.5 Å². The summed E-state index contributed by atoms with van der Waals surface area (Å²) in [6.07, 6.45) is 3.64. The van der Waals surface area contributed by atoms with Crippen molar-refractivity contribution in [3.63, 3.8) is 0 Å². The molecule has 4 rings (SSSR count). The fourth-order valence-electron chi connectivity index (χ4n) is 3.92. The second-order valence-electron chi connectivity index (χ2n) is 7.75. The average molecular weight is 380 g/mol. The summed E-state index contributed by atoms with van der Waals surface area (Å²) in [6.45, 7) is 6.32. The van der Waals surface area contributed by atoms with Crippen LogP contribution in [0.25, 0.3) is 0 Å². The number of nitrogens with zero attached hydrogens (tertiary/aromatic N) is 2. The van der Waals surface area contributed by atoms with E-state index in [9.17, 15) is 0 Å². The normalized spacial score (nSPS) is 23.5. The van der Waals surface area contributed by atoms with Gasteiger partial charge in [-0.2, -0.15) is 0 Å². The van der Waals surface area contributed by atoms with Gasteiger partial charge in [0.25, 0.3) is 0 Å². The molecule has 1 fully saturated rings. The fraction of sp³-hybridized carbons (Fsp3) is 0.435. The summed E-state index contributed by atoms with van der Waals surface area (Å²) >= 11 is 0. The van der Waals surface area contributed by atoms with E-state index in [-0.39, 0.29) is 0 Å². The number of aliphatic imine (C=N–C) groups is 1. The zero-order chi connectivity index (χ0) is 18.6. The Labute approximate surface area is 164 Å². The van der Waals surface area contributed by atoms with Crippen LogP contribution < -0.4 is 10.6 Å². The fourth-order valence-corrected chi connectivity index (χ4v) is 6.56. The van der Waals surface area contributed by atoms with Crippen LogP contribution in [0.1, 0.15) is 33.1 Å². The Bertz CT molecular complexity index is 723. The third kappa shape index (κ3) is 4.10. The number of ether oxygens (including phenoxy) is 1. The quantitative estimate of drug-likeness (QED) is 0.721. The number of rotatable bonds is 5. The Hall–Kier alpha value is -1.70. The molecule has 2 aliphatic heterocycles. The first-order valence-electron chi connectivity index (χ1n) is 10.1. The lowest BCUT2D eigenvalue weighted by atomic mass is 10.0. The van der Waals surface area contributed by atoms with Crippen molar-refractivity contribution >= 4 is 24.6 Å². The zero-order valence-corrected chi connectivity index (χ0v) is 17.2. The van der Waals surface area contributed by atoms with Gasteiger partial charge in [-0.25, -0.2) is 4.99 Å². The highest BCUT2D eigenvalue weighted by molar-refractivity contribution is 7.70. The highest BCUT2D eigenvalue weighted by Crippen LogP contribution is 2.43. The van der Waals surface area contributed by atoms with Crippen LogP contribution in [0.4, 0.5) is 0 Å². The monoisotopic (exact) mass is 380 g/mol. The van der Waals surface area contributed by atoms with Gasteiger partial charge in [-0.1, -0.05) is 80.9 Å². The smallest absolute Gasteiger partial charge is 0.201 e. The Balaban J connectivity index is 1.70. The second kappa shape index (κ2) is 8.54. The molecule has 0 aliphatic carbocycles. The van der Waals surface area contributed by atoms with E-state index in [1.807, 2.05) is 0 Å². The molecule has 142 valence electrons. The van der Waals surface area contributed by atoms with Gasteiger partial charge in [0, 0.05) is 14.6 Å². The lowest BCUT2D eigenvalue weighted by molar-refractivity contribution is 0.245. The Morgan fingerprint density at radius 3 is 2.15 bits per heavy atom. The van der Waals surface area contributed by atoms with E-state index in [2.05, 4.69) is 79.2 Å². The lowest BCUT2D eigenvalue weighted by Gasteiger charge is -2.40. The summed E-state index contributed by atoms with van der Waals surface area (Å²) in [5.41, 5.74) is 0. The summed E-state index contributed by atoms with van der Waals surface area (Å²) in [5, 5.41) is 2.81. The number of piperidine rings is 1. The minimum Gasteiger partial charge on any atom is -0.478 e. The predicted molar refractivity (Wildman–Crippen MR) is 115 cm³/mol. The van der Waals surface area contributed by atoms with Crippen LogP contribution in [0.3, 0.4) is 0 Å². The molecule has 2 atom stereocenters. The Morgan fingerprint density at radius 2 is 1.59 bits per heavy atom. The van der Waals surface area contributed by atoms with Crippen LogP contribution >= 0.6 is 8.07 Å². The van der Waals surface area contributed by atoms with Crippen molar-refractivity contribution in [2.45, 2.75) is 45.2 Å². The van der Waals surface area contributed by atoms with Crippen molar-refractivity contribution in [3.05, 3.63) is 60.7 Å².